The molecule has 0 aliphatic carbocycles. The first-order valence-corrected chi connectivity index (χ1v) is 14.1. The second-order valence-electron chi connectivity index (χ2n) is 8.76. The number of nitrogens with zero attached hydrogens (tertiary/aromatic N) is 1. The summed E-state index contributed by atoms with van der Waals surface area (Å²) < 4.78 is 30.8. The summed E-state index contributed by atoms with van der Waals surface area (Å²) in [6.07, 6.45) is 1.53. The number of imide groups is 1. The third kappa shape index (κ3) is 6.02. The summed E-state index contributed by atoms with van der Waals surface area (Å²) in [7, 11) is -4.15. The zero-order valence-corrected chi connectivity index (χ0v) is 22.3. The molecule has 3 amide bonds. The molecule has 0 aromatic heterocycles. The van der Waals surface area contributed by atoms with E-state index in [1.807, 2.05) is 42.5 Å². The Morgan fingerprint density at radius 1 is 0.923 bits per heavy atom. The SMILES string of the molecule is CC(=O)Nc1ccc(S(=O)(=O)Oc2cccc(/C=C3\SC(=O)N(Cc4ccc5ccccc5c4)C3=O)c2)cc1. The van der Waals surface area contributed by atoms with Gasteiger partial charge in [-0.3, -0.25) is 19.3 Å². The molecule has 5 rings (SSSR count). The lowest BCUT2D eigenvalue weighted by molar-refractivity contribution is -0.123. The van der Waals surface area contributed by atoms with Crippen molar-refractivity contribution in [2.75, 3.05) is 5.32 Å². The van der Waals surface area contributed by atoms with Crippen LogP contribution in [-0.4, -0.2) is 30.4 Å². The minimum atomic E-state index is -4.15. The maximum absolute atomic E-state index is 13.0. The Bertz CT molecular complexity index is 1750. The van der Waals surface area contributed by atoms with Crippen LogP contribution in [0.25, 0.3) is 16.8 Å². The summed E-state index contributed by atoms with van der Waals surface area (Å²) in [5, 5.41) is 4.28. The van der Waals surface area contributed by atoms with Gasteiger partial charge < -0.3 is 9.50 Å². The summed E-state index contributed by atoms with van der Waals surface area (Å²) in [4.78, 5) is 38.2. The van der Waals surface area contributed by atoms with Gasteiger partial charge in [0.25, 0.3) is 11.1 Å². The fraction of sp³-hybridized carbons (Fsp3) is 0.0690. The van der Waals surface area contributed by atoms with E-state index in [0.717, 1.165) is 28.1 Å². The molecule has 1 saturated heterocycles. The van der Waals surface area contributed by atoms with E-state index in [4.69, 9.17) is 4.18 Å². The molecule has 39 heavy (non-hydrogen) atoms. The largest absolute Gasteiger partial charge is 0.379 e. The van der Waals surface area contributed by atoms with E-state index in [2.05, 4.69) is 5.32 Å². The predicted octanol–water partition coefficient (Wildman–Crippen LogP) is 5.80. The summed E-state index contributed by atoms with van der Waals surface area (Å²) in [5.74, 6) is -0.647. The van der Waals surface area contributed by atoms with Crippen LogP contribution < -0.4 is 9.50 Å². The van der Waals surface area contributed by atoms with Gasteiger partial charge in [-0.15, -0.1) is 0 Å². The molecule has 0 radical (unpaired) electrons. The third-order valence-electron chi connectivity index (χ3n) is 5.85. The molecule has 1 N–H and O–H groups in total. The lowest BCUT2D eigenvalue weighted by atomic mass is 10.1. The zero-order chi connectivity index (χ0) is 27.6. The third-order valence-corrected chi connectivity index (χ3v) is 8.02. The first-order valence-electron chi connectivity index (χ1n) is 11.8. The van der Waals surface area contributed by atoms with Gasteiger partial charge in [-0.1, -0.05) is 48.5 Å². The zero-order valence-electron chi connectivity index (χ0n) is 20.7. The van der Waals surface area contributed by atoms with E-state index in [1.165, 1.54) is 54.3 Å². The van der Waals surface area contributed by atoms with Crippen LogP contribution in [0.1, 0.15) is 18.1 Å². The Morgan fingerprint density at radius 2 is 1.67 bits per heavy atom. The van der Waals surface area contributed by atoms with Gasteiger partial charge in [0.15, 0.2) is 0 Å². The van der Waals surface area contributed by atoms with Crippen LogP contribution in [0.5, 0.6) is 5.75 Å². The Balaban J connectivity index is 1.31. The topological polar surface area (TPSA) is 110 Å². The standard InChI is InChI=1S/C29H22N2O6S2/c1-19(32)30-24-11-13-26(14-12-24)39(35,36)37-25-8-4-5-20(16-25)17-27-28(33)31(29(34)38-27)18-21-9-10-22-6-2-3-7-23(22)15-21/h2-17H,18H2,1H3,(H,30,32)/b27-17-. The molecule has 4 aromatic rings. The number of carbonyl (C=O) groups excluding carboxylic acids is 3. The first kappa shape index (κ1) is 26.2. The average molecular weight is 559 g/mol. The van der Waals surface area contributed by atoms with Gasteiger partial charge in [0.1, 0.15) is 10.6 Å². The molecule has 4 aromatic carbocycles. The molecule has 0 bridgehead atoms. The Morgan fingerprint density at radius 3 is 2.41 bits per heavy atom. The van der Waals surface area contributed by atoms with Crippen LogP contribution in [0, 0.1) is 0 Å². The van der Waals surface area contributed by atoms with Crippen LogP contribution in [0.4, 0.5) is 10.5 Å². The molecule has 1 aliphatic heterocycles. The predicted molar refractivity (Wildman–Crippen MR) is 150 cm³/mol. The number of hydrogen-bond acceptors (Lipinski definition) is 7. The van der Waals surface area contributed by atoms with Crippen molar-refractivity contribution in [1.29, 1.82) is 0 Å². The highest BCUT2D eigenvalue weighted by molar-refractivity contribution is 8.18. The quantitative estimate of drug-likeness (QED) is 0.225. The summed E-state index contributed by atoms with van der Waals surface area (Å²) in [6.45, 7) is 1.50. The molecular weight excluding hydrogens is 536 g/mol. The minimum absolute atomic E-state index is 0.0464. The number of thioether (sulfide) groups is 1. The number of rotatable bonds is 7. The van der Waals surface area contributed by atoms with E-state index in [1.54, 1.807) is 12.1 Å². The first-order chi connectivity index (χ1) is 18.7. The van der Waals surface area contributed by atoms with Crippen molar-refractivity contribution in [3.05, 3.63) is 107 Å². The minimum Gasteiger partial charge on any atom is -0.379 e. The van der Waals surface area contributed by atoms with Gasteiger partial charge in [-0.25, -0.2) is 0 Å². The maximum atomic E-state index is 13.0. The van der Waals surface area contributed by atoms with Crippen molar-refractivity contribution >= 4 is 61.5 Å². The number of nitrogens with one attached hydrogen (secondary N) is 1. The maximum Gasteiger partial charge on any atom is 0.339 e. The van der Waals surface area contributed by atoms with E-state index in [0.29, 0.717) is 11.3 Å². The molecule has 1 heterocycles. The Kier molecular flexibility index (Phi) is 7.23. The molecule has 0 saturated carbocycles. The van der Waals surface area contributed by atoms with Crippen molar-refractivity contribution in [1.82, 2.24) is 4.90 Å². The van der Waals surface area contributed by atoms with Gasteiger partial charge in [0.2, 0.25) is 5.91 Å². The number of amides is 3. The lowest BCUT2D eigenvalue weighted by Crippen LogP contribution is -2.27. The summed E-state index contributed by atoms with van der Waals surface area (Å²) in [5.41, 5.74) is 1.79. The van der Waals surface area contributed by atoms with E-state index < -0.39 is 16.0 Å². The summed E-state index contributed by atoms with van der Waals surface area (Å²) in [6, 6.07) is 25.5. The number of carbonyl (C=O) groups is 3. The smallest absolute Gasteiger partial charge is 0.339 e. The fourth-order valence-electron chi connectivity index (χ4n) is 4.05. The summed E-state index contributed by atoms with van der Waals surface area (Å²) >= 11 is 0.830. The van der Waals surface area contributed by atoms with Crippen molar-refractivity contribution in [2.24, 2.45) is 0 Å². The normalized spacial score (nSPS) is 14.7. The average Bonchev–Trinajstić information content (AvgIpc) is 3.16. The van der Waals surface area contributed by atoms with Gasteiger partial charge in [-0.05, 0) is 82.2 Å². The molecule has 8 nitrogen and oxygen atoms in total. The highest BCUT2D eigenvalue weighted by atomic mass is 32.2. The molecular formula is C29H22N2O6S2. The van der Waals surface area contributed by atoms with Crippen LogP contribution >= 0.6 is 11.8 Å². The van der Waals surface area contributed by atoms with Crippen LogP contribution in [-0.2, 0) is 26.3 Å². The number of fused-ring (bicyclic) bond motifs is 1. The van der Waals surface area contributed by atoms with Gasteiger partial charge in [0.05, 0.1) is 11.4 Å². The van der Waals surface area contributed by atoms with E-state index >= 15 is 0 Å². The molecule has 1 fully saturated rings. The molecule has 10 heteroatoms. The van der Waals surface area contributed by atoms with Crippen LogP contribution in [0.15, 0.2) is 101 Å². The van der Waals surface area contributed by atoms with E-state index in [9.17, 15) is 22.8 Å². The second-order valence-corrected chi connectivity index (χ2v) is 11.3. The number of hydrogen-bond donors (Lipinski definition) is 1. The van der Waals surface area contributed by atoms with Gasteiger partial charge >= 0.3 is 10.1 Å². The van der Waals surface area contributed by atoms with Crippen LogP contribution in [0.3, 0.4) is 0 Å². The van der Waals surface area contributed by atoms with Crippen molar-refractivity contribution < 1.29 is 27.0 Å². The van der Waals surface area contributed by atoms with Crippen molar-refractivity contribution in [2.45, 2.75) is 18.4 Å². The molecule has 0 atom stereocenters. The number of anilines is 1. The monoisotopic (exact) mass is 558 g/mol. The van der Waals surface area contributed by atoms with E-state index in [-0.39, 0.29) is 33.2 Å². The molecule has 0 spiro atoms. The Hall–Kier alpha value is -4.41. The highest BCUT2D eigenvalue weighted by Crippen LogP contribution is 2.34. The van der Waals surface area contributed by atoms with Crippen molar-refractivity contribution in [3.63, 3.8) is 0 Å². The van der Waals surface area contributed by atoms with Gasteiger partial charge in [0, 0.05) is 12.6 Å². The van der Waals surface area contributed by atoms with Crippen LogP contribution in [0.2, 0.25) is 0 Å². The highest BCUT2D eigenvalue weighted by Gasteiger charge is 2.35. The lowest BCUT2D eigenvalue weighted by Gasteiger charge is -2.13. The molecule has 0 unspecified atom stereocenters. The molecule has 196 valence electrons. The van der Waals surface area contributed by atoms with Crippen molar-refractivity contribution in [3.8, 4) is 5.75 Å². The molecule has 1 aliphatic rings. The fourth-order valence-corrected chi connectivity index (χ4v) is 5.81. The number of benzene rings is 4. The van der Waals surface area contributed by atoms with Gasteiger partial charge in [-0.2, -0.15) is 8.42 Å². The Labute approximate surface area is 229 Å². The second kappa shape index (κ2) is 10.8.